The molecule has 1 amide bonds. The quantitative estimate of drug-likeness (QED) is 0.519. The second-order valence-electron chi connectivity index (χ2n) is 5.41. The van der Waals surface area contributed by atoms with Crippen LogP contribution in [0.1, 0.15) is 19.4 Å². The zero-order chi connectivity index (χ0) is 20.5. The molecular weight excluding hydrogens is 366 g/mol. The largest absolute Gasteiger partial charge is 0.490 e. The lowest BCUT2D eigenvalue weighted by Crippen LogP contribution is -2.20. The second-order valence-corrected chi connectivity index (χ2v) is 5.41. The first kappa shape index (κ1) is 20.5. The number of non-ortho nitro benzene ring substituents is 1. The van der Waals surface area contributed by atoms with E-state index in [0.29, 0.717) is 30.5 Å². The third-order valence-electron chi connectivity index (χ3n) is 3.50. The summed E-state index contributed by atoms with van der Waals surface area (Å²) >= 11 is 0. The summed E-state index contributed by atoms with van der Waals surface area (Å²) in [5.41, 5.74) is 0.413. The number of hydrogen-bond donors (Lipinski definition) is 1. The molecule has 0 radical (unpaired) electrons. The molecule has 0 aliphatic carbocycles. The highest BCUT2D eigenvalue weighted by atomic mass is 16.6. The van der Waals surface area contributed by atoms with E-state index in [0.717, 1.165) is 0 Å². The Balaban J connectivity index is 2.08. The molecule has 1 N–H and O–H groups in total. The number of hydrogen-bond acceptors (Lipinski definition) is 7. The smallest absolute Gasteiger partial charge is 0.269 e. The standard InChI is InChI=1S/C19H19N3O6/c1-3-26-17-9-13(11-20)16(10-18(17)27-4-2)21-19(23)12-28-15-7-5-14(6-8-15)22(24)25/h5-10H,3-4,12H2,1-2H3,(H,21,23). The van der Waals surface area contributed by atoms with Crippen LogP contribution in [0.25, 0.3) is 0 Å². The van der Waals surface area contributed by atoms with Crippen molar-refractivity contribution in [3.8, 4) is 23.3 Å². The Morgan fingerprint density at radius 3 is 2.25 bits per heavy atom. The van der Waals surface area contributed by atoms with Crippen molar-refractivity contribution in [1.82, 2.24) is 0 Å². The summed E-state index contributed by atoms with van der Waals surface area (Å²) in [6.45, 7) is 4.08. The highest BCUT2D eigenvalue weighted by Crippen LogP contribution is 2.33. The van der Waals surface area contributed by atoms with E-state index in [9.17, 15) is 20.2 Å². The first-order chi connectivity index (χ1) is 13.5. The minimum absolute atomic E-state index is 0.0756. The number of nitrogens with one attached hydrogen (secondary N) is 1. The van der Waals surface area contributed by atoms with E-state index < -0.39 is 10.8 Å². The lowest BCUT2D eigenvalue weighted by molar-refractivity contribution is -0.384. The Labute approximate surface area is 161 Å². The maximum absolute atomic E-state index is 12.2. The molecule has 0 spiro atoms. The van der Waals surface area contributed by atoms with Crippen molar-refractivity contribution in [2.75, 3.05) is 25.1 Å². The molecule has 2 aromatic carbocycles. The second kappa shape index (κ2) is 9.78. The van der Waals surface area contributed by atoms with Crippen LogP contribution in [0.15, 0.2) is 36.4 Å². The maximum Gasteiger partial charge on any atom is 0.269 e. The summed E-state index contributed by atoms with van der Waals surface area (Å²) in [4.78, 5) is 22.3. The zero-order valence-corrected chi connectivity index (χ0v) is 15.4. The Morgan fingerprint density at radius 2 is 1.71 bits per heavy atom. The molecule has 2 rings (SSSR count). The molecule has 0 atom stereocenters. The number of nitro groups is 1. The van der Waals surface area contributed by atoms with E-state index in [2.05, 4.69) is 5.32 Å². The molecule has 2 aromatic rings. The summed E-state index contributed by atoms with van der Waals surface area (Å²) < 4.78 is 16.3. The van der Waals surface area contributed by atoms with Gasteiger partial charge < -0.3 is 19.5 Å². The van der Waals surface area contributed by atoms with Crippen molar-refractivity contribution in [3.05, 3.63) is 52.1 Å². The number of rotatable bonds is 9. The summed E-state index contributed by atoms with van der Waals surface area (Å²) in [7, 11) is 0. The van der Waals surface area contributed by atoms with Gasteiger partial charge in [-0.05, 0) is 26.0 Å². The predicted octanol–water partition coefficient (Wildman–Crippen LogP) is 3.28. The topological polar surface area (TPSA) is 124 Å². The molecule has 0 saturated heterocycles. The van der Waals surface area contributed by atoms with Gasteiger partial charge in [0.1, 0.15) is 11.8 Å². The van der Waals surface area contributed by atoms with Gasteiger partial charge in [-0.25, -0.2) is 0 Å². The molecule has 28 heavy (non-hydrogen) atoms. The average Bonchev–Trinajstić information content (AvgIpc) is 2.68. The van der Waals surface area contributed by atoms with Gasteiger partial charge in [0.15, 0.2) is 18.1 Å². The molecule has 146 valence electrons. The van der Waals surface area contributed by atoms with E-state index >= 15 is 0 Å². The Kier molecular flexibility index (Phi) is 7.16. The van der Waals surface area contributed by atoms with E-state index in [1.54, 1.807) is 0 Å². The molecule has 9 heteroatoms. The molecular formula is C19H19N3O6. The van der Waals surface area contributed by atoms with Crippen LogP contribution < -0.4 is 19.5 Å². The monoisotopic (exact) mass is 385 g/mol. The van der Waals surface area contributed by atoms with E-state index in [4.69, 9.17) is 14.2 Å². The minimum Gasteiger partial charge on any atom is -0.490 e. The van der Waals surface area contributed by atoms with Crippen LogP contribution in [0, 0.1) is 21.4 Å². The molecule has 0 aromatic heterocycles. The SMILES string of the molecule is CCOc1cc(C#N)c(NC(=O)COc2ccc([N+](=O)[O-])cc2)cc1OCC. The van der Waals surface area contributed by atoms with Gasteiger partial charge in [0.2, 0.25) is 0 Å². The van der Waals surface area contributed by atoms with Crippen LogP contribution >= 0.6 is 0 Å². The molecule has 0 aliphatic rings. The normalized spacial score (nSPS) is 9.89. The Bertz CT molecular complexity index is 890. The molecule has 0 bridgehead atoms. The molecule has 0 aliphatic heterocycles. The molecule has 0 unspecified atom stereocenters. The van der Waals surface area contributed by atoms with Gasteiger partial charge in [-0.2, -0.15) is 5.26 Å². The summed E-state index contributed by atoms with van der Waals surface area (Å²) in [6, 6.07) is 10.4. The fraction of sp³-hybridized carbons (Fsp3) is 0.263. The molecule has 9 nitrogen and oxygen atoms in total. The van der Waals surface area contributed by atoms with Gasteiger partial charge in [-0.3, -0.25) is 14.9 Å². The number of benzene rings is 2. The highest BCUT2D eigenvalue weighted by Gasteiger charge is 2.15. The number of nitro benzene ring substituents is 1. The third-order valence-corrected chi connectivity index (χ3v) is 3.50. The number of ether oxygens (including phenoxy) is 3. The van der Waals surface area contributed by atoms with Gasteiger partial charge >= 0.3 is 0 Å². The van der Waals surface area contributed by atoms with Crippen LogP contribution in [0.4, 0.5) is 11.4 Å². The lowest BCUT2D eigenvalue weighted by atomic mass is 10.1. The van der Waals surface area contributed by atoms with Gasteiger partial charge in [0.05, 0.1) is 29.4 Å². The van der Waals surface area contributed by atoms with E-state index in [-0.39, 0.29) is 23.5 Å². The van der Waals surface area contributed by atoms with E-state index in [1.165, 1.54) is 36.4 Å². The van der Waals surface area contributed by atoms with Gasteiger partial charge in [-0.1, -0.05) is 0 Å². The number of nitrogens with zero attached hydrogens (tertiary/aromatic N) is 2. The number of carbonyl (C=O) groups excluding carboxylic acids is 1. The van der Waals surface area contributed by atoms with Gasteiger partial charge in [0, 0.05) is 24.3 Å². The number of carbonyl (C=O) groups is 1. The Hall–Kier alpha value is -3.80. The molecule has 0 saturated carbocycles. The van der Waals surface area contributed by atoms with Crippen molar-refractivity contribution >= 4 is 17.3 Å². The van der Waals surface area contributed by atoms with Crippen LogP contribution in [0.3, 0.4) is 0 Å². The maximum atomic E-state index is 12.2. The first-order valence-electron chi connectivity index (χ1n) is 8.49. The summed E-state index contributed by atoms with van der Waals surface area (Å²) in [5, 5.41) is 22.6. The number of nitriles is 1. The van der Waals surface area contributed by atoms with Crippen molar-refractivity contribution < 1.29 is 23.9 Å². The first-order valence-corrected chi connectivity index (χ1v) is 8.49. The van der Waals surface area contributed by atoms with Crippen molar-refractivity contribution in [1.29, 1.82) is 5.26 Å². The Morgan fingerprint density at radius 1 is 1.11 bits per heavy atom. The molecule has 0 fully saturated rings. The minimum atomic E-state index is -0.526. The molecule has 0 heterocycles. The van der Waals surface area contributed by atoms with Crippen LogP contribution in [-0.2, 0) is 4.79 Å². The average molecular weight is 385 g/mol. The van der Waals surface area contributed by atoms with Crippen LogP contribution in [-0.4, -0.2) is 30.7 Å². The van der Waals surface area contributed by atoms with Crippen molar-refractivity contribution in [2.24, 2.45) is 0 Å². The zero-order valence-electron chi connectivity index (χ0n) is 15.4. The predicted molar refractivity (Wildman–Crippen MR) is 101 cm³/mol. The summed E-state index contributed by atoms with van der Waals surface area (Å²) in [5.74, 6) is 0.639. The van der Waals surface area contributed by atoms with Crippen LogP contribution in [0.5, 0.6) is 17.2 Å². The van der Waals surface area contributed by atoms with Gasteiger partial charge in [-0.15, -0.1) is 0 Å². The number of anilines is 1. The third kappa shape index (κ3) is 5.35. The fourth-order valence-electron chi connectivity index (χ4n) is 2.29. The lowest BCUT2D eigenvalue weighted by Gasteiger charge is -2.14. The van der Waals surface area contributed by atoms with Crippen molar-refractivity contribution in [2.45, 2.75) is 13.8 Å². The van der Waals surface area contributed by atoms with E-state index in [1.807, 2.05) is 19.9 Å². The fourth-order valence-corrected chi connectivity index (χ4v) is 2.29. The van der Waals surface area contributed by atoms with Crippen molar-refractivity contribution in [3.63, 3.8) is 0 Å². The highest BCUT2D eigenvalue weighted by molar-refractivity contribution is 5.93. The van der Waals surface area contributed by atoms with Crippen LogP contribution in [0.2, 0.25) is 0 Å². The summed E-state index contributed by atoms with van der Waals surface area (Å²) in [6.07, 6.45) is 0. The van der Waals surface area contributed by atoms with Gasteiger partial charge in [0.25, 0.3) is 11.6 Å². The number of amides is 1.